The minimum atomic E-state index is 0.0472. The van der Waals surface area contributed by atoms with Gasteiger partial charge in [0.1, 0.15) is 0 Å². The van der Waals surface area contributed by atoms with Crippen LogP contribution in [0.1, 0.15) is 102 Å². The molecule has 1 heterocycles. The molecule has 0 unspecified atom stereocenters. The number of carbonyl (C=O) groups is 1. The summed E-state index contributed by atoms with van der Waals surface area (Å²) in [6.07, 6.45) is 18.9. The van der Waals surface area contributed by atoms with Crippen LogP contribution in [-0.2, 0) is 17.8 Å². The van der Waals surface area contributed by atoms with E-state index in [4.69, 9.17) is 9.47 Å². The zero-order valence-corrected chi connectivity index (χ0v) is 26.6. The Morgan fingerprint density at radius 1 is 0.854 bits per heavy atom. The summed E-state index contributed by atoms with van der Waals surface area (Å²) in [5.74, 6) is 2.60. The molecule has 6 heteroatoms. The van der Waals surface area contributed by atoms with Crippen LogP contribution in [-0.4, -0.2) is 36.9 Å². The Bertz CT molecular complexity index is 1040. The normalized spacial score (nSPS) is 12.6. The van der Waals surface area contributed by atoms with Crippen molar-refractivity contribution < 1.29 is 14.3 Å². The number of methoxy groups -OCH3 is 1. The van der Waals surface area contributed by atoms with Crippen LogP contribution in [0.3, 0.4) is 0 Å². The highest BCUT2D eigenvalue weighted by atomic mass is 32.2. The Labute approximate surface area is 253 Å². The number of hydrogen-bond acceptors (Lipinski definition) is 5. The predicted molar refractivity (Wildman–Crippen MR) is 175 cm³/mol. The molecule has 0 bridgehead atoms. The SMILES string of the molecule is CCCCCCCCCCCCCCOc1ccc(CCN(C(C)=O)c2ccc(CN3C=CSC3)cc2)cc1OC. The largest absolute Gasteiger partial charge is 0.493 e. The lowest BCUT2D eigenvalue weighted by Crippen LogP contribution is -2.30. The fourth-order valence-electron chi connectivity index (χ4n) is 5.25. The molecule has 0 aromatic heterocycles. The highest BCUT2D eigenvalue weighted by Crippen LogP contribution is 2.29. The van der Waals surface area contributed by atoms with Crippen molar-refractivity contribution in [3.8, 4) is 11.5 Å². The first-order chi connectivity index (χ1) is 20.1. The van der Waals surface area contributed by atoms with Gasteiger partial charge in [-0.1, -0.05) is 95.8 Å². The second-order valence-corrected chi connectivity index (χ2v) is 12.0. The Morgan fingerprint density at radius 2 is 1.49 bits per heavy atom. The van der Waals surface area contributed by atoms with Crippen LogP contribution in [0.25, 0.3) is 0 Å². The number of anilines is 1. The third-order valence-corrected chi connectivity index (χ3v) is 8.52. The van der Waals surface area contributed by atoms with Crippen molar-refractivity contribution in [2.45, 2.75) is 104 Å². The standard InChI is InChI=1S/C35H52N2O3S/c1-4-5-6-7-8-9-10-11-12-13-14-15-25-40-34-21-18-31(27-35(34)39-3)22-23-37(30(2)38)33-19-16-32(17-20-33)28-36-24-26-41-29-36/h16-21,24,26-27H,4-15,22-23,25,28-29H2,1-3H3. The van der Waals surface area contributed by atoms with Gasteiger partial charge in [-0.25, -0.2) is 0 Å². The molecule has 1 aliphatic heterocycles. The average molecular weight is 581 g/mol. The Hall–Kier alpha value is -2.60. The van der Waals surface area contributed by atoms with E-state index in [2.05, 4.69) is 53.8 Å². The van der Waals surface area contributed by atoms with E-state index in [1.165, 1.54) is 76.2 Å². The van der Waals surface area contributed by atoms with Crippen LogP contribution >= 0.6 is 11.8 Å². The molecule has 0 saturated carbocycles. The minimum Gasteiger partial charge on any atom is -0.493 e. The lowest BCUT2D eigenvalue weighted by molar-refractivity contribution is -0.116. The molecule has 1 aliphatic rings. The van der Waals surface area contributed by atoms with Gasteiger partial charge in [-0.3, -0.25) is 4.79 Å². The van der Waals surface area contributed by atoms with Gasteiger partial charge in [0.15, 0.2) is 11.5 Å². The second-order valence-electron chi connectivity index (χ2n) is 11.1. The lowest BCUT2D eigenvalue weighted by Gasteiger charge is -2.22. The number of rotatable bonds is 21. The number of nitrogens with zero attached hydrogens (tertiary/aromatic N) is 2. The fraction of sp³-hybridized carbons (Fsp3) is 0.571. The maximum Gasteiger partial charge on any atom is 0.223 e. The second kappa shape index (κ2) is 19.5. The summed E-state index contributed by atoms with van der Waals surface area (Å²) in [6.45, 7) is 6.13. The number of hydrogen-bond donors (Lipinski definition) is 0. The number of carbonyl (C=O) groups excluding carboxylic acids is 1. The minimum absolute atomic E-state index is 0.0472. The molecule has 0 saturated heterocycles. The van der Waals surface area contributed by atoms with E-state index in [0.717, 1.165) is 48.0 Å². The van der Waals surface area contributed by atoms with E-state index < -0.39 is 0 Å². The Morgan fingerprint density at radius 3 is 2.07 bits per heavy atom. The van der Waals surface area contributed by atoms with Gasteiger partial charge < -0.3 is 19.3 Å². The molecule has 2 aromatic rings. The molecular formula is C35H52N2O3S. The molecule has 226 valence electrons. The van der Waals surface area contributed by atoms with E-state index in [-0.39, 0.29) is 5.91 Å². The van der Waals surface area contributed by atoms with Gasteiger partial charge in [-0.15, -0.1) is 11.8 Å². The van der Waals surface area contributed by atoms with E-state index >= 15 is 0 Å². The van der Waals surface area contributed by atoms with Crippen LogP contribution in [0.2, 0.25) is 0 Å². The summed E-state index contributed by atoms with van der Waals surface area (Å²) in [5, 5.41) is 2.12. The molecule has 0 atom stereocenters. The predicted octanol–water partition coefficient (Wildman–Crippen LogP) is 9.35. The highest BCUT2D eigenvalue weighted by molar-refractivity contribution is 8.02. The van der Waals surface area contributed by atoms with Gasteiger partial charge in [0.05, 0.1) is 19.6 Å². The Kier molecular flexibility index (Phi) is 15.7. The van der Waals surface area contributed by atoms with Gasteiger partial charge in [-0.2, -0.15) is 0 Å². The third-order valence-electron chi connectivity index (χ3n) is 7.73. The molecular weight excluding hydrogens is 528 g/mol. The van der Waals surface area contributed by atoms with Gasteiger partial charge in [0, 0.05) is 31.9 Å². The Balaban J connectivity index is 1.36. The maximum atomic E-state index is 12.5. The van der Waals surface area contributed by atoms with Crippen molar-refractivity contribution in [3.05, 3.63) is 65.2 Å². The number of ether oxygens (including phenoxy) is 2. The first-order valence-electron chi connectivity index (χ1n) is 15.8. The van der Waals surface area contributed by atoms with Gasteiger partial charge >= 0.3 is 0 Å². The van der Waals surface area contributed by atoms with Crippen LogP contribution in [0, 0.1) is 0 Å². The van der Waals surface area contributed by atoms with E-state index in [9.17, 15) is 4.79 Å². The first kappa shape index (κ1) is 32.9. The molecule has 0 radical (unpaired) electrons. The molecule has 0 N–H and O–H groups in total. The van der Waals surface area contributed by atoms with Gasteiger partial charge in [0.25, 0.3) is 0 Å². The average Bonchev–Trinajstić information content (AvgIpc) is 3.49. The quantitative estimate of drug-likeness (QED) is 0.138. The van der Waals surface area contributed by atoms with Crippen molar-refractivity contribution in [1.29, 1.82) is 0 Å². The van der Waals surface area contributed by atoms with Gasteiger partial charge in [0.2, 0.25) is 5.91 Å². The fourth-order valence-corrected chi connectivity index (χ4v) is 5.96. The van der Waals surface area contributed by atoms with Crippen LogP contribution in [0.4, 0.5) is 5.69 Å². The molecule has 41 heavy (non-hydrogen) atoms. The molecule has 0 aliphatic carbocycles. The van der Waals surface area contributed by atoms with Crippen molar-refractivity contribution >= 4 is 23.4 Å². The maximum absolute atomic E-state index is 12.5. The van der Waals surface area contributed by atoms with Gasteiger partial charge in [-0.05, 0) is 53.6 Å². The molecule has 0 spiro atoms. The summed E-state index contributed by atoms with van der Waals surface area (Å²) < 4.78 is 11.7. The molecule has 1 amide bonds. The van der Waals surface area contributed by atoms with E-state index in [1.54, 1.807) is 14.0 Å². The zero-order valence-electron chi connectivity index (χ0n) is 25.7. The molecule has 2 aromatic carbocycles. The zero-order chi connectivity index (χ0) is 29.1. The third kappa shape index (κ3) is 12.4. The van der Waals surface area contributed by atoms with Crippen molar-refractivity contribution in [2.24, 2.45) is 0 Å². The topological polar surface area (TPSA) is 42.0 Å². The first-order valence-corrected chi connectivity index (χ1v) is 16.8. The number of benzene rings is 2. The number of unbranched alkanes of at least 4 members (excludes halogenated alkanes) is 11. The van der Waals surface area contributed by atoms with Crippen LogP contribution < -0.4 is 14.4 Å². The number of amides is 1. The smallest absolute Gasteiger partial charge is 0.223 e. The summed E-state index contributed by atoms with van der Waals surface area (Å²) in [5.41, 5.74) is 3.30. The van der Waals surface area contributed by atoms with E-state index in [0.29, 0.717) is 13.2 Å². The van der Waals surface area contributed by atoms with Crippen molar-refractivity contribution in [1.82, 2.24) is 4.90 Å². The lowest BCUT2D eigenvalue weighted by atomic mass is 10.1. The van der Waals surface area contributed by atoms with Crippen molar-refractivity contribution in [3.63, 3.8) is 0 Å². The summed E-state index contributed by atoms with van der Waals surface area (Å²) in [4.78, 5) is 16.6. The highest BCUT2D eigenvalue weighted by Gasteiger charge is 2.14. The van der Waals surface area contributed by atoms with Crippen LogP contribution in [0.15, 0.2) is 54.1 Å². The summed E-state index contributed by atoms with van der Waals surface area (Å²) in [6, 6.07) is 14.5. The molecule has 0 fully saturated rings. The number of thioether (sulfide) groups is 1. The molecule has 3 rings (SSSR count). The monoisotopic (exact) mass is 580 g/mol. The molecule has 5 nitrogen and oxygen atoms in total. The summed E-state index contributed by atoms with van der Waals surface area (Å²) in [7, 11) is 1.69. The van der Waals surface area contributed by atoms with E-state index in [1.807, 2.05) is 28.8 Å². The van der Waals surface area contributed by atoms with Crippen molar-refractivity contribution in [2.75, 3.05) is 31.0 Å². The summed E-state index contributed by atoms with van der Waals surface area (Å²) >= 11 is 1.81. The van der Waals surface area contributed by atoms with Crippen LogP contribution in [0.5, 0.6) is 11.5 Å².